The molecule has 0 unspecified atom stereocenters. The quantitative estimate of drug-likeness (QED) is 0.143. The molecule has 4 aromatic carbocycles. The first kappa shape index (κ1) is 25.7. The second-order valence-corrected chi connectivity index (χ2v) is 14.6. The van der Waals surface area contributed by atoms with E-state index < -0.39 is 8.56 Å². The number of benzene rings is 4. The summed E-state index contributed by atoms with van der Waals surface area (Å²) in [6.07, 6.45) is 0. The Morgan fingerprint density at radius 3 is 1.15 bits per heavy atom. The van der Waals surface area contributed by atoms with Crippen molar-refractivity contribution in [2.75, 3.05) is 0 Å². The highest BCUT2D eigenvalue weighted by molar-refractivity contribution is 9.15. The fourth-order valence-corrected chi connectivity index (χ4v) is 9.29. The van der Waals surface area contributed by atoms with Crippen molar-refractivity contribution >= 4 is 115 Å². The molecule has 0 aromatic heterocycles. The number of halogens is 6. The van der Waals surface area contributed by atoms with Crippen LogP contribution in [0.4, 0.5) is 0 Å². The van der Waals surface area contributed by atoms with Gasteiger partial charge in [-0.1, -0.05) is 60.7 Å². The van der Waals surface area contributed by atoms with Gasteiger partial charge in [-0.15, -0.1) is 0 Å². The van der Waals surface area contributed by atoms with E-state index in [2.05, 4.69) is 120 Å². The zero-order valence-electron chi connectivity index (χ0n) is 16.7. The van der Waals surface area contributed by atoms with Crippen LogP contribution in [0.25, 0.3) is 0 Å². The fraction of sp³-hybridized carbons (Fsp3) is 0. The summed E-state index contributed by atoms with van der Waals surface area (Å²) in [7, 11) is -3.31. The summed E-state index contributed by atoms with van der Waals surface area (Å²) in [5, 5.41) is 1.96. The molecular formula is C24H14Br6O2Si. The standard InChI is InChI=1S/C24H14Br6O2Si/c25-17-11-13-19(23(29)21(17)27)31-33(15-7-3-1-4-8-15,16-9-5-2-6-10-16)32-20-14-12-18(26)22(28)24(20)30/h1-14H. The van der Waals surface area contributed by atoms with E-state index in [1.54, 1.807) is 0 Å². The van der Waals surface area contributed by atoms with Crippen molar-refractivity contribution in [2.45, 2.75) is 0 Å². The molecule has 0 amide bonds. The first-order valence-electron chi connectivity index (χ1n) is 9.59. The molecule has 168 valence electrons. The third kappa shape index (κ3) is 5.39. The van der Waals surface area contributed by atoms with Crippen molar-refractivity contribution < 1.29 is 8.85 Å². The molecule has 2 nitrogen and oxygen atoms in total. The van der Waals surface area contributed by atoms with E-state index in [0.717, 1.165) is 37.2 Å². The molecule has 0 radical (unpaired) electrons. The maximum Gasteiger partial charge on any atom is 0.531 e. The highest BCUT2D eigenvalue weighted by Crippen LogP contribution is 2.41. The van der Waals surface area contributed by atoms with Crippen LogP contribution in [-0.4, -0.2) is 8.56 Å². The van der Waals surface area contributed by atoms with Gasteiger partial charge in [-0.25, -0.2) is 0 Å². The highest BCUT2D eigenvalue weighted by atomic mass is 79.9. The average molecular weight is 842 g/mol. The Balaban J connectivity index is 1.98. The van der Waals surface area contributed by atoms with Crippen LogP contribution in [0.2, 0.25) is 0 Å². The largest absolute Gasteiger partial charge is 0.531 e. The van der Waals surface area contributed by atoms with Gasteiger partial charge < -0.3 is 8.85 Å². The van der Waals surface area contributed by atoms with Crippen LogP contribution in [-0.2, 0) is 0 Å². The molecule has 4 rings (SSSR count). The molecular weight excluding hydrogens is 828 g/mol. The summed E-state index contributed by atoms with van der Waals surface area (Å²) in [6.45, 7) is 0. The van der Waals surface area contributed by atoms with Crippen LogP contribution >= 0.6 is 95.6 Å². The number of hydrogen-bond acceptors (Lipinski definition) is 2. The van der Waals surface area contributed by atoms with Crippen LogP contribution in [0.15, 0.2) is 112 Å². The van der Waals surface area contributed by atoms with Crippen LogP contribution < -0.4 is 19.2 Å². The van der Waals surface area contributed by atoms with Gasteiger partial charge in [0.05, 0.1) is 8.95 Å². The van der Waals surface area contributed by atoms with Gasteiger partial charge in [-0.2, -0.15) is 0 Å². The predicted molar refractivity (Wildman–Crippen MR) is 158 cm³/mol. The zero-order valence-corrected chi connectivity index (χ0v) is 27.2. The molecule has 0 saturated carbocycles. The van der Waals surface area contributed by atoms with Gasteiger partial charge >= 0.3 is 8.56 Å². The molecule has 0 aliphatic carbocycles. The van der Waals surface area contributed by atoms with Crippen molar-refractivity contribution in [3.05, 3.63) is 112 Å². The first-order valence-corrected chi connectivity index (χ1v) is 16.2. The van der Waals surface area contributed by atoms with Crippen molar-refractivity contribution in [3.63, 3.8) is 0 Å². The summed E-state index contributed by atoms with van der Waals surface area (Å²) in [5.41, 5.74) is 0. The van der Waals surface area contributed by atoms with Crippen molar-refractivity contribution in [2.24, 2.45) is 0 Å². The van der Waals surface area contributed by atoms with E-state index in [4.69, 9.17) is 8.85 Å². The Kier molecular flexibility index (Phi) is 8.63. The van der Waals surface area contributed by atoms with Gasteiger partial charge in [0.1, 0.15) is 11.5 Å². The second kappa shape index (κ2) is 11.1. The molecule has 9 heteroatoms. The lowest BCUT2D eigenvalue weighted by molar-refractivity contribution is 0.414. The van der Waals surface area contributed by atoms with Crippen LogP contribution in [0.3, 0.4) is 0 Å². The molecule has 4 aromatic rings. The van der Waals surface area contributed by atoms with Gasteiger partial charge in [0.15, 0.2) is 0 Å². The normalized spacial score (nSPS) is 11.3. The highest BCUT2D eigenvalue weighted by Gasteiger charge is 2.48. The monoisotopic (exact) mass is 836 g/mol. The minimum atomic E-state index is -3.31. The van der Waals surface area contributed by atoms with E-state index >= 15 is 0 Å². The lowest BCUT2D eigenvalue weighted by Crippen LogP contribution is -2.68. The van der Waals surface area contributed by atoms with Crippen LogP contribution in [0, 0.1) is 0 Å². The minimum absolute atomic E-state index is 0.678. The molecule has 0 N–H and O–H groups in total. The maximum atomic E-state index is 6.94. The van der Waals surface area contributed by atoms with E-state index in [0.29, 0.717) is 11.5 Å². The van der Waals surface area contributed by atoms with Crippen LogP contribution in [0.1, 0.15) is 0 Å². The molecule has 0 heterocycles. The van der Waals surface area contributed by atoms with Crippen molar-refractivity contribution in [1.29, 1.82) is 0 Å². The smallest absolute Gasteiger partial charge is 0.505 e. The van der Waals surface area contributed by atoms with Gasteiger partial charge in [0, 0.05) is 28.3 Å². The average Bonchev–Trinajstić information content (AvgIpc) is 2.85. The third-order valence-electron chi connectivity index (χ3n) is 4.81. The molecule has 0 atom stereocenters. The Morgan fingerprint density at radius 1 is 0.424 bits per heavy atom. The molecule has 0 fully saturated rings. The summed E-state index contributed by atoms with van der Waals surface area (Å²) in [5.74, 6) is 1.36. The van der Waals surface area contributed by atoms with E-state index in [-0.39, 0.29) is 0 Å². The first-order chi connectivity index (χ1) is 15.8. The molecule has 0 aliphatic rings. The Labute approximate surface area is 244 Å². The van der Waals surface area contributed by atoms with Crippen LogP contribution in [0.5, 0.6) is 11.5 Å². The van der Waals surface area contributed by atoms with E-state index in [1.807, 2.05) is 60.7 Å². The summed E-state index contributed by atoms with van der Waals surface area (Å²) >= 11 is 21.8. The lowest BCUT2D eigenvalue weighted by atomic mass is 10.3. The molecule has 0 bridgehead atoms. The van der Waals surface area contributed by atoms with Crippen molar-refractivity contribution in [1.82, 2.24) is 0 Å². The third-order valence-corrected chi connectivity index (χ3v) is 14.7. The lowest BCUT2D eigenvalue weighted by Gasteiger charge is -2.33. The number of hydrogen-bond donors (Lipinski definition) is 0. The molecule has 33 heavy (non-hydrogen) atoms. The van der Waals surface area contributed by atoms with E-state index in [1.165, 1.54) is 0 Å². The van der Waals surface area contributed by atoms with Gasteiger partial charge in [0.25, 0.3) is 0 Å². The summed E-state index contributed by atoms with van der Waals surface area (Å²) < 4.78 is 19.1. The fourth-order valence-electron chi connectivity index (χ4n) is 3.22. The second-order valence-electron chi connectivity index (χ2n) is 6.90. The molecule has 0 saturated heterocycles. The molecule has 0 spiro atoms. The topological polar surface area (TPSA) is 18.5 Å². The minimum Gasteiger partial charge on any atom is -0.505 e. The van der Waals surface area contributed by atoms with Gasteiger partial charge in [0.2, 0.25) is 0 Å². The maximum absolute atomic E-state index is 6.94. The predicted octanol–water partition coefficient (Wildman–Crippen LogP) is 8.98. The summed E-state index contributed by atoms with van der Waals surface area (Å²) in [6, 6.07) is 28.0. The zero-order chi connectivity index (χ0) is 23.6. The van der Waals surface area contributed by atoms with Gasteiger partial charge in [-0.05, 0) is 120 Å². The Bertz CT molecular complexity index is 1180. The molecule has 0 aliphatic heterocycles. The Hall–Kier alpha value is -0.423. The summed E-state index contributed by atoms with van der Waals surface area (Å²) in [4.78, 5) is 0. The van der Waals surface area contributed by atoms with Gasteiger partial charge in [-0.3, -0.25) is 0 Å². The number of rotatable bonds is 6. The van der Waals surface area contributed by atoms with E-state index in [9.17, 15) is 0 Å². The SMILES string of the molecule is Brc1ccc(O[Si](Oc2ccc(Br)c(Br)c2Br)(c2ccccc2)c2ccccc2)c(Br)c1Br. The Morgan fingerprint density at radius 2 is 0.788 bits per heavy atom. The van der Waals surface area contributed by atoms with Crippen molar-refractivity contribution in [3.8, 4) is 11.5 Å².